The van der Waals surface area contributed by atoms with Gasteiger partial charge in [-0.15, -0.1) is 0 Å². The van der Waals surface area contributed by atoms with Crippen molar-refractivity contribution >= 4 is 11.6 Å². The molecule has 4 heteroatoms. The van der Waals surface area contributed by atoms with Gasteiger partial charge >= 0.3 is 0 Å². The molecule has 0 amide bonds. The fourth-order valence-electron chi connectivity index (χ4n) is 1.98. The summed E-state index contributed by atoms with van der Waals surface area (Å²) in [5.74, 6) is 0.831. The monoisotopic (exact) mass is 307 g/mol. The lowest BCUT2D eigenvalue weighted by molar-refractivity contribution is 0.480. The zero-order valence-corrected chi connectivity index (χ0v) is 13.0. The molecule has 0 aliphatic carbocycles. The fourth-order valence-corrected chi connectivity index (χ4v) is 2.21. The van der Waals surface area contributed by atoms with E-state index in [0.717, 1.165) is 18.5 Å². The molecule has 0 heterocycles. The number of benzene rings is 2. The molecule has 0 fully saturated rings. The van der Waals surface area contributed by atoms with Gasteiger partial charge in [-0.05, 0) is 61.9 Å². The summed E-state index contributed by atoms with van der Waals surface area (Å²) >= 11 is 6.26. The summed E-state index contributed by atoms with van der Waals surface area (Å²) in [6.45, 7) is 5.20. The van der Waals surface area contributed by atoms with Crippen molar-refractivity contribution in [1.29, 1.82) is 0 Å². The standard InChI is InChI=1S/C17H19ClFNO/c1-3-10-20-12(2)13-4-9-17(16(18)11-13)21-15-7-5-14(19)6-8-15/h4-9,11-12,20H,3,10H2,1-2H3. The third-order valence-corrected chi connectivity index (χ3v) is 3.49. The summed E-state index contributed by atoms with van der Waals surface area (Å²) in [6.07, 6.45) is 1.09. The molecular weight excluding hydrogens is 289 g/mol. The molecule has 0 bridgehead atoms. The highest BCUT2D eigenvalue weighted by atomic mass is 35.5. The van der Waals surface area contributed by atoms with Gasteiger partial charge in [-0.25, -0.2) is 4.39 Å². The zero-order valence-electron chi connectivity index (χ0n) is 12.2. The number of ether oxygens (including phenoxy) is 1. The Kier molecular flexibility index (Phi) is 5.59. The van der Waals surface area contributed by atoms with Crippen molar-refractivity contribution in [3.8, 4) is 11.5 Å². The third kappa shape index (κ3) is 4.45. The Labute approximate surface area is 129 Å². The largest absolute Gasteiger partial charge is 0.456 e. The van der Waals surface area contributed by atoms with Crippen LogP contribution in [0.3, 0.4) is 0 Å². The molecule has 2 nitrogen and oxygen atoms in total. The van der Waals surface area contributed by atoms with Crippen LogP contribution in [0.5, 0.6) is 11.5 Å². The lowest BCUT2D eigenvalue weighted by Gasteiger charge is -2.15. The predicted molar refractivity (Wildman–Crippen MR) is 84.6 cm³/mol. The fraction of sp³-hybridized carbons (Fsp3) is 0.294. The van der Waals surface area contributed by atoms with Gasteiger partial charge in [0.15, 0.2) is 0 Å². The second-order valence-electron chi connectivity index (χ2n) is 4.92. The van der Waals surface area contributed by atoms with E-state index in [2.05, 4.69) is 19.2 Å². The summed E-state index contributed by atoms with van der Waals surface area (Å²) in [5, 5.41) is 3.95. The van der Waals surface area contributed by atoms with Gasteiger partial charge in [-0.2, -0.15) is 0 Å². The van der Waals surface area contributed by atoms with Crippen LogP contribution in [0.1, 0.15) is 31.9 Å². The Bertz CT molecular complexity index is 586. The first kappa shape index (κ1) is 15.8. The minimum atomic E-state index is -0.292. The summed E-state index contributed by atoms with van der Waals surface area (Å²) in [6, 6.07) is 11.8. The van der Waals surface area contributed by atoms with Gasteiger partial charge in [-0.1, -0.05) is 24.6 Å². The molecule has 0 aromatic heterocycles. The van der Waals surface area contributed by atoms with Gasteiger partial charge in [0.05, 0.1) is 5.02 Å². The van der Waals surface area contributed by atoms with E-state index in [1.807, 2.05) is 18.2 Å². The minimum absolute atomic E-state index is 0.238. The van der Waals surface area contributed by atoms with Crippen molar-refractivity contribution in [3.63, 3.8) is 0 Å². The Morgan fingerprint density at radius 1 is 1.19 bits per heavy atom. The van der Waals surface area contributed by atoms with Crippen LogP contribution in [-0.2, 0) is 0 Å². The maximum atomic E-state index is 12.9. The Morgan fingerprint density at radius 3 is 2.52 bits per heavy atom. The second-order valence-corrected chi connectivity index (χ2v) is 5.33. The maximum absolute atomic E-state index is 12.9. The van der Waals surface area contributed by atoms with E-state index in [0.29, 0.717) is 16.5 Å². The van der Waals surface area contributed by atoms with Crippen molar-refractivity contribution in [2.24, 2.45) is 0 Å². The molecule has 1 atom stereocenters. The van der Waals surface area contributed by atoms with E-state index < -0.39 is 0 Å². The molecule has 0 saturated heterocycles. The predicted octanol–water partition coefficient (Wildman–Crippen LogP) is 5.33. The summed E-state index contributed by atoms with van der Waals surface area (Å²) in [4.78, 5) is 0. The highest BCUT2D eigenvalue weighted by Crippen LogP contribution is 2.31. The number of rotatable bonds is 6. The van der Waals surface area contributed by atoms with Gasteiger partial charge in [0.25, 0.3) is 0 Å². The van der Waals surface area contributed by atoms with Crippen LogP contribution in [0.15, 0.2) is 42.5 Å². The van der Waals surface area contributed by atoms with Gasteiger partial charge < -0.3 is 10.1 Å². The maximum Gasteiger partial charge on any atom is 0.146 e. The van der Waals surface area contributed by atoms with Crippen molar-refractivity contribution in [2.45, 2.75) is 26.3 Å². The molecule has 0 spiro atoms. The quantitative estimate of drug-likeness (QED) is 0.778. The first-order valence-corrected chi connectivity index (χ1v) is 7.44. The van der Waals surface area contributed by atoms with Crippen LogP contribution in [0.25, 0.3) is 0 Å². The topological polar surface area (TPSA) is 21.3 Å². The molecule has 2 aromatic carbocycles. The first-order chi connectivity index (χ1) is 10.1. The van der Waals surface area contributed by atoms with E-state index in [1.165, 1.54) is 12.1 Å². The molecular formula is C17H19ClFNO. The van der Waals surface area contributed by atoms with Crippen molar-refractivity contribution in [1.82, 2.24) is 5.32 Å². The molecule has 2 rings (SSSR count). The average molecular weight is 308 g/mol. The molecule has 0 aliphatic heterocycles. The first-order valence-electron chi connectivity index (χ1n) is 7.06. The van der Waals surface area contributed by atoms with E-state index >= 15 is 0 Å². The van der Waals surface area contributed by atoms with Crippen molar-refractivity contribution in [3.05, 3.63) is 58.9 Å². The highest BCUT2D eigenvalue weighted by molar-refractivity contribution is 6.32. The molecule has 21 heavy (non-hydrogen) atoms. The zero-order chi connectivity index (χ0) is 15.2. The normalized spacial score (nSPS) is 12.2. The summed E-state index contributed by atoms with van der Waals surface area (Å²) < 4.78 is 18.5. The number of hydrogen-bond acceptors (Lipinski definition) is 2. The minimum Gasteiger partial charge on any atom is -0.456 e. The lowest BCUT2D eigenvalue weighted by Crippen LogP contribution is -2.19. The van der Waals surface area contributed by atoms with Crippen LogP contribution >= 0.6 is 11.6 Å². The molecule has 1 unspecified atom stereocenters. The molecule has 1 N–H and O–H groups in total. The number of hydrogen-bond donors (Lipinski definition) is 1. The summed E-state index contributed by atoms with van der Waals surface area (Å²) in [7, 11) is 0. The molecule has 2 aromatic rings. The average Bonchev–Trinajstić information content (AvgIpc) is 2.49. The third-order valence-electron chi connectivity index (χ3n) is 3.20. The lowest BCUT2D eigenvalue weighted by atomic mass is 10.1. The summed E-state index contributed by atoms with van der Waals surface area (Å²) in [5.41, 5.74) is 1.11. The second kappa shape index (κ2) is 7.43. The highest BCUT2D eigenvalue weighted by Gasteiger charge is 2.09. The van der Waals surface area contributed by atoms with Gasteiger partial charge in [-0.3, -0.25) is 0 Å². The smallest absolute Gasteiger partial charge is 0.146 e. The van der Waals surface area contributed by atoms with Crippen LogP contribution in [-0.4, -0.2) is 6.54 Å². The molecule has 0 aliphatic rings. The van der Waals surface area contributed by atoms with Crippen LogP contribution < -0.4 is 10.1 Å². The van der Waals surface area contributed by atoms with Crippen molar-refractivity contribution in [2.75, 3.05) is 6.54 Å². The van der Waals surface area contributed by atoms with Crippen molar-refractivity contribution < 1.29 is 9.13 Å². The van der Waals surface area contributed by atoms with E-state index in [4.69, 9.17) is 16.3 Å². The van der Waals surface area contributed by atoms with Gasteiger partial charge in [0, 0.05) is 6.04 Å². The molecule has 112 valence electrons. The van der Waals surface area contributed by atoms with E-state index in [1.54, 1.807) is 12.1 Å². The molecule has 0 saturated carbocycles. The van der Waals surface area contributed by atoms with Crippen LogP contribution in [0.2, 0.25) is 5.02 Å². The molecule has 0 radical (unpaired) electrons. The number of halogens is 2. The number of nitrogens with one attached hydrogen (secondary N) is 1. The Hall–Kier alpha value is -1.58. The van der Waals surface area contributed by atoms with Crippen LogP contribution in [0, 0.1) is 5.82 Å². The SMILES string of the molecule is CCCNC(C)c1ccc(Oc2ccc(F)cc2)c(Cl)c1. The Balaban J connectivity index is 2.10. The van der Waals surface area contributed by atoms with Gasteiger partial charge in [0.2, 0.25) is 0 Å². The van der Waals surface area contributed by atoms with Gasteiger partial charge in [0.1, 0.15) is 17.3 Å². The van der Waals surface area contributed by atoms with E-state index in [-0.39, 0.29) is 11.9 Å². The van der Waals surface area contributed by atoms with Crippen LogP contribution in [0.4, 0.5) is 4.39 Å². The Morgan fingerprint density at radius 2 is 1.90 bits per heavy atom. The van der Waals surface area contributed by atoms with E-state index in [9.17, 15) is 4.39 Å².